The molecular weight excluding hydrogens is 566 g/mol. The number of halogens is 2. The van der Waals surface area contributed by atoms with Crippen LogP contribution in [0.15, 0.2) is 83.9 Å². The molecule has 0 bridgehead atoms. The van der Waals surface area contributed by atoms with E-state index < -0.39 is 0 Å². The van der Waals surface area contributed by atoms with Gasteiger partial charge in [-0.05, 0) is 84.7 Å². The molecule has 0 unspecified atom stereocenters. The minimum Gasteiger partial charge on any atom is -0.492 e. The highest BCUT2D eigenvalue weighted by Gasteiger charge is 2.29. The van der Waals surface area contributed by atoms with E-state index in [1.807, 2.05) is 0 Å². The molecule has 44 heavy (non-hydrogen) atoms. The summed E-state index contributed by atoms with van der Waals surface area (Å²) in [6.45, 7) is 3.97. The van der Waals surface area contributed by atoms with Gasteiger partial charge in [0.2, 0.25) is 0 Å². The Labute approximate surface area is 257 Å². The molecule has 1 amide bonds. The van der Waals surface area contributed by atoms with Gasteiger partial charge in [0, 0.05) is 56.6 Å². The largest absolute Gasteiger partial charge is 0.492 e. The zero-order chi connectivity index (χ0) is 31.3. The van der Waals surface area contributed by atoms with Crippen molar-refractivity contribution in [1.29, 1.82) is 0 Å². The van der Waals surface area contributed by atoms with Crippen LogP contribution in [0.2, 0.25) is 0 Å². The van der Waals surface area contributed by atoms with Gasteiger partial charge in [0.05, 0.1) is 13.2 Å². The minimum absolute atomic E-state index is 0.159. The molecule has 7 nitrogen and oxygen atoms in total. The summed E-state index contributed by atoms with van der Waals surface area (Å²) in [7, 11) is 3.34. The number of hydrogen-bond acceptors (Lipinski definition) is 6. The second kappa shape index (κ2) is 16.6. The molecule has 1 saturated carbocycles. The van der Waals surface area contributed by atoms with Gasteiger partial charge in [0.15, 0.2) is 5.78 Å². The summed E-state index contributed by atoms with van der Waals surface area (Å²) in [6, 6.07) is 18.3. The number of nitrogens with zero attached hydrogens (tertiary/aromatic N) is 1. The molecule has 0 atom stereocenters. The topological polar surface area (TPSA) is 77.1 Å². The lowest BCUT2D eigenvalue weighted by atomic mass is 9.83. The first kappa shape index (κ1) is 32.7. The Hall–Kier alpha value is -4.18. The summed E-state index contributed by atoms with van der Waals surface area (Å²) in [5, 5.41) is 3.06. The molecular formula is C35H38F2N2O5. The van der Waals surface area contributed by atoms with Crippen molar-refractivity contribution < 1.29 is 32.6 Å². The van der Waals surface area contributed by atoms with Crippen LogP contribution < -0.4 is 10.1 Å². The van der Waals surface area contributed by atoms with Crippen LogP contribution in [-0.4, -0.2) is 76.3 Å². The van der Waals surface area contributed by atoms with Gasteiger partial charge in [0.25, 0.3) is 5.91 Å². The van der Waals surface area contributed by atoms with Gasteiger partial charge in [-0.3, -0.25) is 14.5 Å². The molecule has 9 heteroatoms. The number of amides is 1. The molecule has 0 aliphatic heterocycles. The summed E-state index contributed by atoms with van der Waals surface area (Å²) >= 11 is 0. The Morgan fingerprint density at radius 2 is 1.25 bits per heavy atom. The fraction of sp³-hybridized carbons (Fsp3) is 0.314. The van der Waals surface area contributed by atoms with E-state index in [0.29, 0.717) is 72.8 Å². The molecule has 232 valence electrons. The Morgan fingerprint density at radius 1 is 0.773 bits per heavy atom. The van der Waals surface area contributed by atoms with E-state index in [2.05, 4.69) is 10.2 Å². The maximum atomic E-state index is 13.5. The van der Waals surface area contributed by atoms with Crippen molar-refractivity contribution in [3.05, 3.63) is 112 Å². The van der Waals surface area contributed by atoms with Gasteiger partial charge >= 0.3 is 0 Å². The van der Waals surface area contributed by atoms with Crippen LogP contribution in [-0.2, 0) is 14.3 Å². The van der Waals surface area contributed by atoms with E-state index in [0.717, 1.165) is 13.1 Å². The fourth-order valence-electron chi connectivity index (χ4n) is 4.91. The fourth-order valence-corrected chi connectivity index (χ4v) is 4.91. The highest BCUT2D eigenvalue weighted by Crippen LogP contribution is 2.29. The molecule has 3 aromatic rings. The van der Waals surface area contributed by atoms with E-state index >= 15 is 0 Å². The van der Waals surface area contributed by atoms with Crippen molar-refractivity contribution in [3.8, 4) is 5.75 Å². The van der Waals surface area contributed by atoms with Crippen LogP contribution in [0.1, 0.15) is 34.3 Å². The number of rotatable bonds is 14. The van der Waals surface area contributed by atoms with Crippen molar-refractivity contribution in [2.24, 2.45) is 0 Å². The predicted molar refractivity (Wildman–Crippen MR) is 166 cm³/mol. The molecule has 3 aromatic carbocycles. The van der Waals surface area contributed by atoms with E-state index in [4.69, 9.17) is 14.2 Å². The Balaban J connectivity index is 1.42. The molecule has 0 spiro atoms. The summed E-state index contributed by atoms with van der Waals surface area (Å²) in [6.07, 6.45) is 4.06. The van der Waals surface area contributed by atoms with E-state index in [9.17, 15) is 18.4 Å². The van der Waals surface area contributed by atoms with Crippen LogP contribution in [0, 0.1) is 11.6 Å². The Morgan fingerprint density at radius 3 is 1.73 bits per heavy atom. The van der Waals surface area contributed by atoms with Gasteiger partial charge in [0.1, 0.15) is 24.0 Å². The molecule has 0 aromatic heterocycles. The second-order valence-corrected chi connectivity index (χ2v) is 10.6. The van der Waals surface area contributed by atoms with Crippen molar-refractivity contribution in [3.63, 3.8) is 0 Å². The van der Waals surface area contributed by atoms with Crippen molar-refractivity contribution in [2.45, 2.75) is 18.9 Å². The molecule has 1 aliphatic carbocycles. The third kappa shape index (κ3) is 9.94. The van der Waals surface area contributed by atoms with Crippen molar-refractivity contribution in [1.82, 2.24) is 10.2 Å². The summed E-state index contributed by atoms with van der Waals surface area (Å²) in [5.74, 6) is -0.521. The number of methoxy groups -OCH3 is 2. The highest BCUT2D eigenvalue weighted by molar-refractivity contribution is 6.14. The number of ketones is 1. The van der Waals surface area contributed by atoms with Gasteiger partial charge in [-0.15, -0.1) is 0 Å². The SMILES string of the molecule is COCCN(CCOC)CCOc1ccc(C(=O)NC2C/C(=C\c3ccc(F)cc3)C(=O)/C(=C/c3ccc(F)cc3)C2)cc1. The molecule has 1 fully saturated rings. The number of carbonyl (C=O) groups excluding carboxylic acids is 2. The molecule has 0 heterocycles. The smallest absolute Gasteiger partial charge is 0.251 e. The lowest BCUT2D eigenvalue weighted by Crippen LogP contribution is -2.39. The van der Waals surface area contributed by atoms with Gasteiger partial charge in [-0.2, -0.15) is 0 Å². The molecule has 1 aliphatic rings. The maximum Gasteiger partial charge on any atom is 0.251 e. The van der Waals surface area contributed by atoms with Crippen molar-refractivity contribution >= 4 is 23.8 Å². The van der Waals surface area contributed by atoms with E-state index in [1.165, 1.54) is 24.3 Å². The lowest BCUT2D eigenvalue weighted by Gasteiger charge is -2.27. The first-order chi connectivity index (χ1) is 21.3. The number of Topliss-reactive ketones (excluding diaryl/α,β-unsaturated/α-hetero) is 1. The van der Waals surface area contributed by atoms with Crippen LogP contribution in [0.3, 0.4) is 0 Å². The normalized spacial score (nSPS) is 16.9. The standard InChI is InChI=1S/C35H38F2N2O5/c1-42-18-15-39(16-19-43-2)17-20-44-33-13-7-27(8-14-33)35(41)38-32-23-28(21-25-3-9-30(36)10-4-25)34(40)29(24-32)22-26-5-11-31(37)12-6-26/h3-14,21-22,32H,15-20,23-24H2,1-2H3,(H,38,41)/b28-21+,29-22+. The zero-order valence-electron chi connectivity index (χ0n) is 25.1. The zero-order valence-corrected chi connectivity index (χ0v) is 25.1. The summed E-state index contributed by atoms with van der Waals surface area (Å²) < 4.78 is 43.2. The minimum atomic E-state index is -0.369. The number of benzene rings is 3. The van der Waals surface area contributed by atoms with Crippen LogP contribution in [0.25, 0.3) is 12.2 Å². The summed E-state index contributed by atoms with van der Waals surface area (Å²) in [5.41, 5.74) is 2.81. The summed E-state index contributed by atoms with van der Waals surface area (Å²) in [4.78, 5) is 28.8. The molecule has 0 radical (unpaired) electrons. The van der Waals surface area contributed by atoms with E-state index in [-0.39, 0.29) is 29.4 Å². The Kier molecular flexibility index (Phi) is 12.4. The Bertz CT molecular complexity index is 1360. The van der Waals surface area contributed by atoms with Gasteiger partial charge in [-0.25, -0.2) is 8.78 Å². The average molecular weight is 605 g/mol. The number of carbonyl (C=O) groups is 2. The number of hydrogen-bond donors (Lipinski definition) is 1. The predicted octanol–water partition coefficient (Wildman–Crippen LogP) is 5.57. The van der Waals surface area contributed by atoms with Gasteiger partial charge < -0.3 is 19.5 Å². The van der Waals surface area contributed by atoms with Crippen LogP contribution in [0.4, 0.5) is 8.78 Å². The molecule has 0 saturated heterocycles. The number of ether oxygens (including phenoxy) is 3. The van der Waals surface area contributed by atoms with E-state index in [1.54, 1.807) is 74.9 Å². The quantitative estimate of drug-likeness (QED) is 0.243. The van der Waals surface area contributed by atoms with Crippen LogP contribution in [0.5, 0.6) is 5.75 Å². The molecule has 1 N–H and O–H groups in total. The second-order valence-electron chi connectivity index (χ2n) is 10.6. The highest BCUT2D eigenvalue weighted by atomic mass is 19.1. The van der Waals surface area contributed by atoms with Crippen LogP contribution >= 0.6 is 0 Å². The maximum absolute atomic E-state index is 13.5. The van der Waals surface area contributed by atoms with Crippen molar-refractivity contribution in [2.75, 3.05) is 53.7 Å². The first-order valence-corrected chi connectivity index (χ1v) is 14.6. The average Bonchev–Trinajstić information content (AvgIpc) is 3.03. The molecule has 4 rings (SSSR count). The monoisotopic (exact) mass is 604 g/mol. The van der Waals surface area contributed by atoms with Gasteiger partial charge in [-0.1, -0.05) is 24.3 Å². The third-order valence-corrected chi connectivity index (χ3v) is 7.29. The number of nitrogens with one attached hydrogen (secondary N) is 1. The first-order valence-electron chi connectivity index (χ1n) is 14.6. The third-order valence-electron chi connectivity index (χ3n) is 7.29. The lowest BCUT2D eigenvalue weighted by molar-refractivity contribution is -0.113.